The lowest BCUT2D eigenvalue weighted by Crippen LogP contribution is -3.00. The first-order valence-corrected chi connectivity index (χ1v) is 22.4. The quantitative estimate of drug-likeness (QED) is 0.0788. The average molecular weight is 980 g/mol. The number of phenols is 3. The highest BCUT2D eigenvalue weighted by molar-refractivity contribution is 6.31. The fourth-order valence-electron chi connectivity index (χ4n) is 12.7. The number of likely N-dealkylation sites (N-methyl/N-ethyl adjacent to an activating group) is 1. The summed E-state index contributed by atoms with van der Waals surface area (Å²) >= 11 is 0. The maximum atomic E-state index is 13.6. The standard InChI is InChI=1S/C27H29NO11.C21H25NO4.BrH/c1-10-22(31)13(28)6-17(38-10)39-15-8-27(36,16(30)9-29)7-12-19(15)26(35)21-20(24(12)33)23(32)11-4-3-5-14(37-2)18(11)25(21)34;1-22(11-12-2-3-12)9-8-20-17-13-4-5-14(23)18(17)26-19(20)15(24)6-7-21(20,25)16(22)10-13;/h3-5,10,13,15,17,22,29,31,33,35-36H,6-9,28H2,1-2H3;4-5,12,16,19,25H,2-3,6-11H2,1H3;1H/t10-,13-,15-,17-,22+,27-;16-,19+,20+,21-,22?;/m01./s1. The summed E-state index contributed by atoms with van der Waals surface area (Å²) in [4.78, 5) is 52.5. The van der Waals surface area contributed by atoms with Crippen LogP contribution < -0.4 is 32.2 Å². The molecule has 5 aliphatic carbocycles. The van der Waals surface area contributed by atoms with E-state index in [9.17, 15) is 54.9 Å². The van der Waals surface area contributed by atoms with Crippen LogP contribution >= 0.6 is 0 Å². The fraction of sp³-hybridized carbons (Fsp3) is 0.542. The Balaban J connectivity index is 0.000000175. The van der Waals surface area contributed by atoms with Crippen LogP contribution in [-0.4, -0.2) is 145 Å². The van der Waals surface area contributed by atoms with Gasteiger partial charge in [-0.25, -0.2) is 0 Å². The molecule has 2 bridgehead atoms. The first-order valence-electron chi connectivity index (χ1n) is 22.4. The number of benzene rings is 3. The van der Waals surface area contributed by atoms with E-state index in [1.54, 1.807) is 13.0 Å². The Kier molecular flexibility index (Phi) is 11.3. The van der Waals surface area contributed by atoms with Crippen molar-refractivity contribution in [2.45, 2.75) is 124 Å². The highest BCUT2D eigenvalue weighted by atomic mass is 79.9. The van der Waals surface area contributed by atoms with E-state index in [2.05, 4.69) is 7.05 Å². The molecule has 354 valence electrons. The van der Waals surface area contributed by atoms with E-state index in [1.807, 2.05) is 6.07 Å². The molecule has 17 nitrogen and oxygen atoms in total. The molecular formula is C48H55BrN2O15. The smallest absolute Gasteiger partial charge is 0.202 e. The SMILES string of the molecule is COc1cccc2c1C(=O)c1c(O)c3c(c(O)c1C2=O)C[C@@](O)(C(=O)CO)C[C@@H]3O[C@H]1C[C@H](N)[C@H](O)[C@H](C)O1.C[N+]1(CC2CC2)CC[C@]23c4c5ccc(O)c4O[C@H]2C(=O)CC[C@@]3(O)[C@H]1C5.[Br-]. The van der Waals surface area contributed by atoms with Gasteiger partial charge in [0, 0.05) is 72.7 Å². The van der Waals surface area contributed by atoms with Gasteiger partial charge in [0.25, 0.3) is 0 Å². The van der Waals surface area contributed by atoms with Crippen molar-refractivity contribution in [1.82, 2.24) is 0 Å². The monoisotopic (exact) mass is 978 g/mol. The molecule has 11 rings (SSSR count). The molecule has 3 aromatic carbocycles. The molecule has 3 aliphatic heterocycles. The van der Waals surface area contributed by atoms with E-state index < -0.39 is 113 Å². The number of rotatable bonds is 7. The Morgan fingerprint density at radius 3 is 2.41 bits per heavy atom. The van der Waals surface area contributed by atoms with Crippen LogP contribution in [-0.2, 0) is 37.3 Å². The van der Waals surface area contributed by atoms with Crippen LogP contribution in [0.2, 0.25) is 0 Å². The first kappa shape index (κ1) is 46.6. The van der Waals surface area contributed by atoms with Crippen molar-refractivity contribution >= 4 is 23.1 Å². The summed E-state index contributed by atoms with van der Waals surface area (Å²) in [6.45, 7) is 2.65. The summed E-state index contributed by atoms with van der Waals surface area (Å²) in [6.07, 6.45) is -0.706. The van der Waals surface area contributed by atoms with Gasteiger partial charge in [-0.1, -0.05) is 18.2 Å². The number of carbonyl (C=O) groups is 4. The highest BCUT2D eigenvalue weighted by Gasteiger charge is 2.76. The second-order valence-corrected chi connectivity index (χ2v) is 19.8. The normalized spacial score (nSPS) is 35.5. The van der Waals surface area contributed by atoms with Crippen molar-refractivity contribution < 1.29 is 95.3 Å². The van der Waals surface area contributed by atoms with Gasteiger partial charge in [0.2, 0.25) is 5.78 Å². The number of phenolic OH excluding ortho intramolecular Hbond substituents is 3. The largest absolute Gasteiger partial charge is 1.00 e. The molecule has 66 heavy (non-hydrogen) atoms. The van der Waals surface area contributed by atoms with Crippen LogP contribution in [0.5, 0.6) is 28.7 Å². The number of nitrogens with zero attached hydrogens (tertiary/aromatic N) is 1. The molecule has 0 amide bonds. The van der Waals surface area contributed by atoms with Crippen LogP contribution in [0, 0.1) is 5.92 Å². The lowest BCUT2D eigenvalue weighted by Gasteiger charge is -2.64. The predicted octanol–water partition coefficient (Wildman–Crippen LogP) is -1.32. The average Bonchev–Trinajstić information content (AvgIpc) is 4.01. The van der Waals surface area contributed by atoms with Crippen molar-refractivity contribution in [3.8, 4) is 28.7 Å². The number of ketones is 4. The molecule has 11 atom stereocenters. The molecule has 0 radical (unpaired) electrons. The molecule has 1 unspecified atom stereocenters. The zero-order valence-corrected chi connectivity index (χ0v) is 38.4. The highest BCUT2D eigenvalue weighted by Crippen LogP contribution is 2.66. The molecule has 1 spiro atoms. The topological polar surface area (TPSA) is 273 Å². The van der Waals surface area contributed by atoms with E-state index in [-0.39, 0.29) is 69.0 Å². The number of nitrogens with two attached hydrogens (primary N) is 1. The number of aliphatic hydroxyl groups is 4. The number of hydrogen-bond donors (Lipinski definition) is 8. The lowest BCUT2D eigenvalue weighted by atomic mass is 9.48. The molecule has 3 aromatic rings. The Morgan fingerprint density at radius 1 is 1.00 bits per heavy atom. The van der Waals surface area contributed by atoms with Crippen LogP contribution in [0.3, 0.4) is 0 Å². The summed E-state index contributed by atoms with van der Waals surface area (Å²) in [7, 11) is 3.63. The summed E-state index contributed by atoms with van der Waals surface area (Å²) in [6, 6.07) is 7.41. The van der Waals surface area contributed by atoms with Gasteiger partial charge in [-0.3, -0.25) is 19.2 Å². The number of halogens is 1. The van der Waals surface area contributed by atoms with Crippen molar-refractivity contribution in [2.75, 3.05) is 33.9 Å². The van der Waals surface area contributed by atoms with E-state index >= 15 is 0 Å². The zero-order chi connectivity index (χ0) is 46.3. The van der Waals surface area contributed by atoms with E-state index in [0.717, 1.165) is 47.5 Å². The van der Waals surface area contributed by atoms with Gasteiger partial charge in [0.1, 0.15) is 41.1 Å². The van der Waals surface area contributed by atoms with Crippen LogP contribution in [0.15, 0.2) is 30.3 Å². The van der Waals surface area contributed by atoms with E-state index in [1.165, 1.54) is 38.2 Å². The summed E-state index contributed by atoms with van der Waals surface area (Å²) < 4.78 is 24.0. The molecule has 3 heterocycles. The Labute approximate surface area is 390 Å². The fourth-order valence-corrected chi connectivity index (χ4v) is 12.7. The first-order chi connectivity index (χ1) is 30.8. The number of fused-ring (bicyclic) bond motifs is 3. The van der Waals surface area contributed by atoms with Crippen LogP contribution in [0.1, 0.15) is 112 Å². The molecular weight excluding hydrogens is 924 g/mol. The number of hydrogen-bond acceptors (Lipinski definition) is 16. The Bertz CT molecular complexity index is 2570. The van der Waals surface area contributed by atoms with Crippen molar-refractivity contribution in [2.24, 2.45) is 11.7 Å². The number of Topliss-reactive ketones (excluding diaryl/α,β-unsaturated/α-hetero) is 2. The minimum atomic E-state index is -2.24. The molecule has 18 heteroatoms. The number of carbonyl (C=O) groups excluding carboxylic acids is 4. The molecule has 2 saturated heterocycles. The number of aliphatic hydroxyl groups excluding tert-OH is 2. The van der Waals surface area contributed by atoms with E-state index in [0.29, 0.717) is 18.6 Å². The summed E-state index contributed by atoms with van der Waals surface area (Å²) in [5, 5.41) is 76.2. The van der Waals surface area contributed by atoms with Crippen LogP contribution in [0.25, 0.3) is 0 Å². The van der Waals surface area contributed by atoms with Gasteiger partial charge < -0.3 is 81.9 Å². The van der Waals surface area contributed by atoms with Crippen molar-refractivity contribution in [1.29, 1.82) is 0 Å². The molecule has 8 aliphatic rings. The van der Waals surface area contributed by atoms with Gasteiger partial charge in [0.05, 0.1) is 67.7 Å². The van der Waals surface area contributed by atoms with Gasteiger partial charge in [-0.05, 0) is 43.9 Å². The van der Waals surface area contributed by atoms with Crippen molar-refractivity contribution in [3.05, 3.63) is 74.8 Å². The molecule has 4 fully saturated rings. The van der Waals surface area contributed by atoms with Gasteiger partial charge in [0.15, 0.2) is 41.2 Å². The maximum absolute atomic E-state index is 13.6. The van der Waals surface area contributed by atoms with Gasteiger partial charge in [-0.2, -0.15) is 0 Å². The second-order valence-electron chi connectivity index (χ2n) is 19.8. The second kappa shape index (κ2) is 16.1. The summed E-state index contributed by atoms with van der Waals surface area (Å²) in [5.74, 6) is -2.35. The number of likely N-dealkylation sites (tertiary alicyclic amines) is 1. The third-order valence-corrected chi connectivity index (χ3v) is 16.1. The maximum Gasteiger partial charge on any atom is 0.202 e. The van der Waals surface area contributed by atoms with Gasteiger partial charge >= 0.3 is 0 Å². The molecule has 0 aromatic heterocycles. The number of methoxy groups -OCH3 is 1. The number of ether oxygens (including phenoxy) is 4. The number of piperidine rings is 1. The van der Waals surface area contributed by atoms with Crippen molar-refractivity contribution in [3.63, 3.8) is 0 Å². The Hall–Kier alpha value is -4.50. The molecule has 9 N–H and O–H groups in total. The minimum Gasteiger partial charge on any atom is -1.00 e. The zero-order valence-electron chi connectivity index (χ0n) is 36.8. The van der Waals surface area contributed by atoms with Gasteiger partial charge in [-0.15, -0.1) is 0 Å². The molecule has 2 saturated carbocycles. The lowest BCUT2D eigenvalue weighted by molar-refractivity contribution is -0.950. The number of aromatic hydroxyl groups is 3. The minimum absolute atomic E-state index is 0. The van der Waals surface area contributed by atoms with Crippen LogP contribution in [0.4, 0.5) is 0 Å². The van der Waals surface area contributed by atoms with E-state index in [4.69, 9.17) is 24.7 Å². The number of quaternary nitrogens is 1. The summed E-state index contributed by atoms with van der Waals surface area (Å²) in [5.41, 5.74) is 2.87. The Morgan fingerprint density at radius 2 is 1.73 bits per heavy atom. The third kappa shape index (κ3) is 6.54. The predicted molar refractivity (Wildman–Crippen MR) is 226 cm³/mol. The third-order valence-electron chi connectivity index (χ3n) is 16.1.